The predicted molar refractivity (Wildman–Crippen MR) is 77.0 cm³/mol. The Morgan fingerprint density at radius 3 is 2.67 bits per heavy atom. The Morgan fingerprint density at radius 2 is 2.10 bits per heavy atom. The Balaban J connectivity index is 2.10. The lowest BCUT2D eigenvalue weighted by molar-refractivity contribution is -0.274. The summed E-state index contributed by atoms with van der Waals surface area (Å²) in [4.78, 5) is 0. The van der Waals surface area contributed by atoms with E-state index in [4.69, 9.17) is 0 Å². The van der Waals surface area contributed by atoms with Crippen LogP contribution in [0, 0.1) is 5.92 Å². The van der Waals surface area contributed by atoms with Crippen molar-refractivity contribution >= 4 is 6.08 Å². The van der Waals surface area contributed by atoms with Gasteiger partial charge in [-0.15, -0.1) is 13.2 Å². The van der Waals surface area contributed by atoms with Gasteiger partial charge in [0.05, 0.1) is 0 Å². The van der Waals surface area contributed by atoms with Crippen molar-refractivity contribution in [3.8, 4) is 5.75 Å². The fourth-order valence-electron chi connectivity index (χ4n) is 1.99. The molecule has 0 saturated heterocycles. The van der Waals surface area contributed by atoms with Crippen molar-refractivity contribution in [2.75, 3.05) is 6.54 Å². The average Bonchev–Trinajstić information content (AvgIpc) is 3.16. The monoisotopic (exact) mass is 299 g/mol. The minimum absolute atomic E-state index is 0.186. The number of nitrogens with one attached hydrogen (secondary N) is 1. The van der Waals surface area contributed by atoms with Gasteiger partial charge in [0, 0.05) is 12.6 Å². The van der Waals surface area contributed by atoms with Gasteiger partial charge in [-0.2, -0.15) is 0 Å². The molecule has 21 heavy (non-hydrogen) atoms. The van der Waals surface area contributed by atoms with Gasteiger partial charge in [-0.25, -0.2) is 0 Å². The maximum absolute atomic E-state index is 12.2. The van der Waals surface area contributed by atoms with Gasteiger partial charge in [0.15, 0.2) is 0 Å². The third kappa shape index (κ3) is 5.79. The van der Waals surface area contributed by atoms with Crippen molar-refractivity contribution in [1.82, 2.24) is 5.32 Å². The highest BCUT2D eigenvalue weighted by Gasteiger charge is 2.31. The summed E-state index contributed by atoms with van der Waals surface area (Å²) in [6, 6.07) is 6.67. The van der Waals surface area contributed by atoms with E-state index in [0.29, 0.717) is 12.0 Å². The molecule has 1 fully saturated rings. The van der Waals surface area contributed by atoms with Crippen molar-refractivity contribution in [2.24, 2.45) is 5.92 Å². The van der Waals surface area contributed by atoms with Crippen molar-refractivity contribution in [3.63, 3.8) is 0 Å². The number of benzene rings is 1. The molecular formula is C16H20F3NO. The highest BCUT2D eigenvalue weighted by atomic mass is 19.4. The van der Waals surface area contributed by atoms with Gasteiger partial charge >= 0.3 is 6.36 Å². The van der Waals surface area contributed by atoms with Gasteiger partial charge in [-0.05, 0) is 36.5 Å². The molecule has 0 aromatic heterocycles. The second-order valence-corrected chi connectivity index (χ2v) is 5.65. The minimum atomic E-state index is -4.66. The normalized spacial score (nSPS) is 16.4. The first-order valence-corrected chi connectivity index (χ1v) is 7.13. The zero-order valence-corrected chi connectivity index (χ0v) is 12.2. The van der Waals surface area contributed by atoms with Crippen LogP contribution in [0.5, 0.6) is 5.75 Å². The van der Waals surface area contributed by atoms with Gasteiger partial charge in [0.2, 0.25) is 0 Å². The molecule has 1 aliphatic carbocycles. The van der Waals surface area contributed by atoms with E-state index in [-0.39, 0.29) is 5.75 Å². The first-order chi connectivity index (χ1) is 9.83. The maximum atomic E-state index is 12.2. The largest absolute Gasteiger partial charge is 0.573 e. The van der Waals surface area contributed by atoms with Crippen LogP contribution in [0.3, 0.4) is 0 Å². The Labute approximate surface area is 123 Å². The van der Waals surface area contributed by atoms with E-state index in [2.05, 4.69) is 23.9 Å². The zero-order valence-electron chi connectivity index (χ0n) is 12.2. The summed E-state index contributed by atoms with van der Waals surface area (Å²) in [5.74, 6) is 0.151. The minimum Gasteiger partial charge on any atom is -0.406 e. The summed E-state index contributed by atoms with van der Waals surface area (Å²) in [6.45, 7) is 4.93. The van der Waals surface area contributed by atoms with E-state index in [0.717, 1.165) is 12.1 Å². The standard InChI is InChI=1S/C16H20F3NO/c1-11(2)13(10-20-14-6-7-14)8-12-4-3-5-15(9-12)21-16(17,18)19/h3-5,8-9,11,14,20H,6-7,10H2,1-2H3/b13-8+. The van der Waals surface area contributed by atoms with E-state index in [1.165, 1.54) is 30.5 Å². The van der Waals surface area contributed by atoms with Crippen LogP contribution in [0.2, 0.25) is 0 Å². The fraction of sp³-hybridized carbons (Fsp3) is 0.500. The molecule has 1 aromatic carbocycles. The summed E-state index contributed by atoms with van der Waals surface area (Å²) in [6.07, 6.45) is -0.305. The molecule has 2 nitrogen and oxygen atoms in total. The molecular weight excluding hydrogens is 279 g/mol. The van der Waals surface area contributed by atoms with Crippen LogP contribution in [0.1, 0.15) is 32.3 Å². The number of halogens is 3. The predicted octanol–water partition coefficient (Wildman–Crippen LogP) is 4.38. The van der Waals surface area contributed by atoms with E-state index >= 15 is 0 Å². The Morgan fingerprint density at radius 1 is 1.38 bits per heavy atom. The van der Waals surface area contributed by atoms with Crippen LogP contribution in [0.15, 0.2) is 29.8 Å². The van der Waals surface area contributed by atoms with Gasteiger partial charge < -0.3 is 10.1 Å². The fourth-order valence-corrected chi connectivity index (χ4v) is 1.99. The molecule has 0 amide bonds. The van der Waals surface area contributed by atoms with Crippen LogP contribution in [0.4, 0.5) is 13.2 Å². The molecule has 1 N–H and O–H groups in total. The van der Waals surface area contributed by atoms with Crippen LogP contribution in [0.25, 0.3) is 6.08 Å². The first kappa shape index (κ1) is 15.9. The van der Waals surface area contributed by atoms with Crippen molar-refractivity contribution in [1.29, 1.82) is 0 Å². The molecule has 1 aliphatic rings. The lowest BCUT2D eigenvalue weighted by Crippen LogP contribution is -2.21. The van der Waals surface area contributed by atoms with Crippen LogP contribution < -0.4 is 10.1 Å². The molecule has 2 rings (SSSR count). The molecule has 0 atom stereocenters. The van der Waals surface area contributed by atoms with Gasteiger partial charge in [-0.3, -0.25) is 0 Å². The lowest BCUT2D eigenvalue weighted by Gasteiger charge is -2.13. The van der Waals surface area contributed by atoms with Crippen molar-refractivity contribution in [2.45, 2.75) is 39.1 Å². The second-order valence-electron chi connectivity index (χ2n) is 5.65. The Kier molecular flexibility index (Phi) is 4.93. The number of rotatable bonds is 6. The third-order valence-electron chi connectivity index (χ3n) is 3.36. The molecule has 0 spiro atoms. The third-order valence-corrected chi connectivity index (χ3v) is 3.36. The molecule has 5 heteroatoms. The molecule has 1 saturated carbocycles. The summed E-state index contributed by atoms with van der Waals surface area (Å²) in [5.41, 5.74) is 1.89. The Bertz CT molecular complexity index is 504. The molecule has 1 aromatic rings. The molecule has 116 valence electrons. The topological polar surface area (TPSA) is 21.3 Å². The SMILES string of the molecule is CC(C)/C(=C/c1cccc(OC(F)(F)F)c1)CNC1CC1. The van der Waals surface area contributed by atoms with E-state index in [1.54, 1.807) is 12.1 Å². The van der Waals surface area contributed by atoms with Crippen LogP contribution in [-0.4, -0.2) is 18.9 Å². The molecule has 0 unspecified atom stereocenters. The Hall–Kier alpha value is -1.49. The average molecular weight is 299 g/mol. The molecule has 0 radical (unpaired) electrons. The highest BCUT2D eigenvalue weighted by molar-refractivity contribution is 5.55. The summed E-state index contributed by atoms with van der Waals surface area (Å²) in [7, 11) is 0. The first-order valence-electron chi connectivity index (χ1n) is 7.13. The van der Waals surface area contributed by atoms with Crippen LogP contribution in [-0.2, 0) is 0 Å². The summed E-state index contributed by atoms with van der Waals surface area (Å²) >= 11 is 0. The number of hydrogen-bond donors (Lipinski definition) is 1. The maximum Gasteiger partial charge on any atom is 0.573 e. The number of ether oxygens (including phenoxy) is 1. The zero-order chi connectivity index (χ0) is 15.5. The smallest absolute Gasteiger partial charge is 0.406 e. The van der Waals surface area contributed by atoms with Gasteiger partial charge in [0.1, 0.15) is 5.75 Å². The van der Waals surface area contributed by atoms with E-state index < -0.39 is 6.36 Å². The van der Waals surface area contributed by atoms with Crippen molar-refractivity contribution in [3.05, 3.63) is 35.4 Å². The highest BCUT2D eigenvalue weighted by Crippen LogP contribution is 2.25. The van der Waals surface area contributed by atoms with Gasteiger partial charge in [0.25, 0.3) is 0 Å². The molecule has 0 bridgehead atoms. The number of alkyl halides is 3. The number of hydrogen-bond acceptors (Lipinski definition) is 2. The summed E-state index contributed by atoms with van der Waals surface area (Å²) in [5, 5.41) is 3.43. The molecule has 0 aliphatic heterocycles. The quantitative estimate of drug-likeness (QED) is 0.842. The van der Waals surface area contributed by atoms with Crippen LogP contribution >= 0.6 is 0 Å². The summed E-state index contributed by atoms with van der Waals surface area (Å²) < 4.78 is 40.6. The van der Waals surface area contributed by atoms with E-state index in [1.807, 2.05) is 6.08 Å². The molecule has 0 heterocycles. The lowest BCUT2D eigenvalue weighted by atomic mass is 10.00. The van der Waals surface area contributed by atoms with E-state index in [9.17, 15) is 13.2 Å². The second kappa shape index (κ2) is 6.52. The van der Waals surface area contributed by atoms with Crippen molar-refractivity contribution < 1.29 is 17.9 Å². The van der Waals surface area contributed by atoms with Gasteiger partial charge in [-0.1, -0.05) is 37.6 Å².